The number of rotatable bonds is 54. The number of allylic oxidation sites excluding steroid dienone is 10. The fourth-order valence-electron chi connectivity index (χ4n) is 9.10. The van der Waals surface area contributed by atoms with Crippen molar-refractivity contribution in [3.8, 4) is 0 Å². The van der Waals surface area contributed by atoms with Crippen LogP contribution in [0.3, 0.4) is 0 Å². The molecule has 0 aromatic carbocycles. The van der Waals surface area contributed by atoms with Crippen molar-refractivity contribution in [1.29, 1.82) is 0 Å². The average molecular weight is 923 g/mol. The van der Waals surface area contributed by atoms with Gasteiger partial charge >= 0.3 is 0 Å². The predicted octanol–water partition coefficient (Wildman–Crippen LogP) is 19.6. The van der Waals surface area contributed by atoms with Gasteiger partial charge in [0.2, 0.25) is 5.91 Å². The molecule has 0 aliphatic carbocycles. The first-order valence-electron chi connectivity index (χ1n) is 29.5. The van der Waals surface area contributed by atoms with Crippen molar-refractivity contribution < 1.29 is 15.0 Å². The van der Waals surface area contributed by atoms with E-state index in [0.717, 1.165) is 57.8 Å². The van der Waals surface area contributed by atoms with E-state index in [-0.39, 0.29) is 12.5 Å². The zero-order chi connectivity index (χ0) is 47.7. The van der Waals surface area contributed by atoms with Crippen molar-refractivity contribution in [3.63, 3.8) is 0 Å². The minimum absolute atomic E-state index is 0.0289. The molecule has 0 aromatic heterocycles. The van der Waals surface area contributed by atoms with Crippen molar-refractivity contribution in [3.05, 3.63) is 60.8 Å². The van der Waals surface area contributed by atoms with Crippen molar-refractivity contribution >= 4 is 5.91 Å². The molecular weight excluding hydrogens is 807 g/mol. The molecule has 4 nitrogen and oxygen atoms in total. The Bertz CT molecular complexity index is 1090. The van der Waals surface area contributed by atoms with Gasteiger partial charge < -0.3 is 15.5 Å². The molecule has 0 saturated heterocycles. The maximum absolute atomic E-state index is 12.5. The van der Waals surface area contributed by atoms with Crippen molar-refractivity contribution in [2.75, 3.05) is 6.61 Å². The fraction of sp³-hybridized carbons (Fsp3) is 0.823. The lowest BCUT2D eigenvalue weighted by Gasteiger charge is -2.22. The van der Waals surface area contributed by atoms with E-state index in [0.29, 0.717) is 12.8 Å². The second-order valence-electron chi connectivity index (χ2n) is 20.0. The Morgan fingerprint density at radius 2 is 0.667 bits per heavy atom. The predicted molar refractivity (Wildman–Crippen MR) is 294 cm³/mol. The zero-order valence-electron chi connectivity index (χ0n) is 44.5. The monoisotopic (exact) mass is 922 g/mol. The summed E-state index contributed by atoms with van der Waals surface area (Å²) in [5, 5.41) is 23.4. The van der Waals surface area contributed by atoms with E-state index in [9.17, 15) is 15.0 Å². The summed E-state index contributed by atoms with van der Waals surface area (Å²) in [4.78, 5) is 12.5. The Morgan fingerprint density at radius 1 is 0.379 bits per heavy atom. The van der Waals surface area contributed by atoms with Gasteiger partial charge in [-0.2, -0.15) is 0 Å². The number of nitrogens with one attached hydrogen (secondary N) is 1. The summed E-state index contributed by atoms with van der Waals surface area (Å²) in [5.41, 5.74) is 0. The number of carbonyl (C=O) groups excluding carboxylic acids is 1. The summed E-state index contributed by atoms with van der Waals surface area (Å²) in [6.45, 7) is 4.27. The van der Waals surface area contributed by atoms with Gasteiger partial charge in [0.1, 0.15) is 0 Å². The molecule has 1 amide bonds. The first-order valence-corrected chi connectivity index (χ1v) is 29.5. The Balaban J connectivity index is 3.46. The lowest BCUT2D eigenvalue weighted by atomic mass is 10.0. The van der Waals surface area contributed by atoms with Gasteiger partial charge in [0.25, 0.3) is 0 Å². The number of unbranched alkanes of at least 4 members (excludes halogenated alkanes) is 37. The van der Waals surface area contributed by atoms with Crippen LogP contribution < -0.4 is 5.32 Å². The molecule has 0 saturated carbocycles. The molecule has 2 unspecified atom stereocenters. The first-order chi connectivity index (χ1) is 32.7. The molecule has 66 heavy (non-hydrogen) atoms. The molecule has 0 rings (SSSR count). The first kappa shape index (κ1) is 64.1. The summed E-state index contributed by atoms with van der Waals surface area (Å²) in [6, 6.07) is -0.539. The normalized spacial score (nSPS) is 13.2. The van der Waals surface area contributed by atoms with E-state index in [1.54, 1.807) is 0 Å². The highest BCUT2D eigenvalue weighted by atomic mass is 16.3. The van der Waals surface area contributed by atoms with Gasteiger partial charge in [0.15, 0.2) is 0 Å². The van der Waals surface area contributed by atoms with Crippen LogP contribution in [0.25, 0.3) is 0 Å². The van der Waals surface area contributed by atoms with Gasteiger partial charge in [-0.3, -0.25) is 4.79 Å². The summed E-state index contributed by atoms with van der Waals surface area (Å²) in [5.74, 6) is -0.0289. The lowest BCUT2D eigenvalue weighted by molar-refractivity contribution is -0.123. The molecule has 0 spiro atoms. The molecule has 0 aliphatic rings. The average Bonchev–Trinajstić information content (AvgIpc) is 3.32. The summed E-state index contributed by atoms with van der Waals surface area (Å²) >= 11 is 0. The van der Waals surface area contributed by atoms with Crippen LogP contribution in [0.5, 0.6) is 0 Å². The van der Waals surface area contributed by atoms with Crippen LogP contribution in [0.2, 0.25) is 0 Å². The summed E-state index contributed by atoms with van der Waals surface area (Å²) in [7, 11) is 0. The molecule has 386 valence electrons. The molecule has 0 aliphatic heterocycles. The third kappa shape index (κ3) is 53.1. The van der Waals surface area contributed by atoms with Gasteiger partial charge in [0.05, 0.1) is 18.8 Å². The van der Waals surface area contributed by atoms with Gasteiger partial charge in [-0.15, -0.1) is 0 Å². The number of carbonyl (C=O) groups is 1. The maximum Gasteiger partial charge on any atom is 0.220 e. The standard InChI is InChI=1S/C62H115NO3/c1-3-5-7-9-11-13-15-17-19-21-23-25-27-28-29-30-31-32-33-34-36-38-40-42-44-46-48-50-52-54-56-58-62(66)63-60(59-64)61(65)57-55-53-51-49-47-45-43-41-39-37-35-26-24-22-20-18-16-14-12-10-8-6-4-2/h5,7,11,13,17,19,23,25,28-29,60-61,64-65H,3-4,6,8-10,12,14-16,18,20-22,24,26-27,30-59H2,1-2H3,(H,63,66)/b7-5-,13-11-,19-17-,25-23-,29-28-. The van der Waals surface area contributed by atoms with E-state index in [2.05, 4.69) is 79.9 Å². The maximum atomic E-state index is 12.5. The smallest absolute Gasteiger partial charge is 0.220 e. The Labute approximate surface area is 413 Å². The van der Waals surface area contributed by atoms with Crippen LogP contribution >= 0.6 is 0 Å². The Morgan fingerprint density at radius 3 is 1.00 bits per heavy atom. The third-order valence-electron chi connectivity index (χ3n) is 13.5. The number of hydrogen-bond acceptors (Lipinski definition) is 3. The highest BCUT2D eigenvalue weighted by Crippen LogP contribution is 2.18. The van der Waals surface area contributed by atoms with Crippen LogP contribution in [-0.4, -0.2) is 34.9 Å². The third-order valence-corrected chi connectivity index (χ3v) is 13.5. The zero-order valence-corrected chi connectivity index (χ0v) is 44.5. The molecule has 0 radical (unpaired) electrons. The second kappa shape index (κ2) is 57.4. The molecule has 0 bridgehead atoms. The molecule has 2 atom stereocenters. The van der Waals surface area contributed by atoms with E-state index in [1.807, 2.05) is 0 Å². The Kier molecular flexibility index (Phi) is 55.7. The van der Waals surface area contributed by atoms with E-state index in [1.165, 1.54) is 225 Å². The van der Waals surface area contributed by atoms with Crippen molar-refractivity contribution in [1.82, 2.24) is 5.32 Å². The minimum atomic E-state index is -0.662. The van der Waals surface area contributed by atoms with Crippen LogP contribution in [0.1, 0.15) is 309 Å². The van der Waals surface area contributed by atoms with Gasteiger partial charge in [0, 0.05) is 6.42 Å². The highest BCUT2D eigenvalue weighted by molar-refractivity contribution is 5.76. The molecule has 3 N–H and O–H groups in total. The molecule has 0 fully saturated rings. The van der Waals surface area contributed by atoms with Crippen molar-refractivity contribution in [2.24, 2.45) is 0 Å². The fourth-order valence-corrected chi connectivity index (χ4v) is 9.10. The SMILES string of the molecule is CC/C=C\C/C=C\C/C=C\C/C=C\C/C=C\CCCCCCCCCCCCCCCCCC(=O)NC(CO)C(O)CCCCCCCCCCCCCCCCCCCCCCCCC. The van der Waals surface area contributed by atoms with Crippen LogP contribution in [0, 0.1) is 0 Å². The van der Waals surface area contributed by atoms with Crippen molar-refractivity contribution in [2.45, 2.75) is 321 Å². The molecular formula is C62H115NO3. The van der Waals surface area contributed by atoms with E-state index < -0.39 is 12.1 Å². The number of aliphatic hydroxyl groups is 2. The Hall–Kier alpha value is -1.91. The number of aliphatic hydroxyl groups excluding tert-OH is 2. The summed E-state index contributed by atoms with van der Waals surface area (Å²) < 4.78 is 0. The highest BCUT2D eigenvalue weighted by Gasteiger charge is 2.20. The second-order valence-corrected chi connectivity index (χ2v) is 20.0. The molecule has 0 heterocycles. The molecule has 4 heteroatoms. The van der Waals surface area contributed by atoms with Gasteiger partial charge in [-0.05, 0) is 57.8 Å². The van der Waals surface area contributed by atoms with Gasteiger partial charge in [-0.1, -0.05) is 306 Å². The quantitative estimate of drug-likeness (QED) is 0.0420. The molecule has 0 aromatic rings. The van der Waals surface area contributed by atoms with Gasteiger partial charge in [-0.25, -0.2) is 0 Å². The topological polar surface area (TPSA) is 69.6 Å². The number of hydrogen-bond donors (Lipinski definition) is 3. The van der Waals surface area contributed by atoms with Crippen LogP contribution in [0.4, 0.5) is 0 Å². The van der Waals surface area contributed by atoms with E-state index >= 15 is 0 Å². The van der Waals surface area contributed by atoms with Crippen LogP contribution in [0.15, 0.2) is 60.8 Å². The lowest BCUT2D eigenvalue weighted by Crippen LogP contribution is -2.45. The number of amides is 1. The van der Waals surface area contributed by atoms with Crippen LogP contribution in [-0.2, 0) is 4.79 Å². The largest absolute Gasteiger partial charge is 0.394 e. The minimum Gasteiger partial charge on any atom is -0.394 e. The van der Waals surface area contributed by atoms with E-state index in [4.69, 9.17) is 0 Å². The summed E-state index contributed by atoms with van der Waals surface area (Å²) in [6.07, 6.45) is 80.7.